The molecular formula is C20H32N4O4Si. The first-order valence-electron chi connectivity index (χ1n) is 9.77. The van der Waals surface area contributed by atoms with E-state index < -0.39 is 8.32 Å². The summed E-state index contributed by atoms with van der Waals surface area (Å²) in [5.41, 5.74) is 9.49. The molecule has 1 saturated heterocycles. The molecule has 0 radical (unpaired) electrons. The Hall–Kier alpha value is -2.22. The minimum absolute atomic E-state index is 0.0174. The van der Waals surface area contributed by atoms with Crippen LogP contribution in [0.5, 0.6) is 11.5 Å². The molecule has 1 aromatic rings. The van der Waals surface area contributed by atoms with Crippen LogP contribution in [0.15, 0.2) is 23.3 Å². The quantitative estimate of drug-likeness (QED) is 0.290. The van der Waals surface area contributed by atoms with Crippen LogP contribution >= 0.6 is 0 Å². The van der Waals surface area contributed by atoms with Crippen molar-refractivity contribution in [2.75, 3.05) is 27.3 Å². The van der Waals surface area contributed by atoms with Gasteiger partial charge < -0.3 is 18.8 Å². The number of carbonyl (C=O) groups excluding carboxylic acids is 1. The fourth-order valence-electron chi connectivity index (χ4n) is 3.11. The van der Waals surface area contributed by atoms with Crippen LogP contribution in [0.25, 0.3) is 10.4 Å². The molecule has 1 aromatic carbocycles. The van der Waals surface area contributed by atoms with Crippen molar-refractivity contribution in [1.82, 2.24) is 4.90 Å². The fraction of sp³-hybridized carbons (Fsp3) is 0.650. The number of amides is 1. The predicted molar refractivity (Wildman–Crippen MR) is 115 cm³/mol. The van der Waals surface area contributed by atoms with Gasteiger partial charge >= 0.3 is 0 Å². The molecule has 8 nitrogen and oxygen atoms in total. The van der Waals surface area contributed by atoms with Crippen molar-refractivity contribution in [3.05, 3.63) is 34.2 Å². The molecule has 2 rings (SSSR count). The first-order chi connectivity index (χ1) is 13.5. The highest BCUT2D eigenvalue weighted by Crippen LogP contribution is 2.38. The normalized spacial score (nSPS) is 20.0. The number of methoxy groups -OCH3 is 2. The Balaban J connectivity index is 2.25. The molecule has 1 fully saturated rings. The lowest BCUT2D eigenvalue weighted by Crippen LogP contribution is -2.55. The number of nitrogens with zero attached hydrogens (tertiary/aromatic N) is 4. The summed E-state index contributed by atoms with van der Waals surface area (Å²) in [5, 5.41) is 3.97. The lowest BCUT2D eigenvalue weighted by molar-refractivity contribution is 0.0435. The standard InChI is InChI=1S/C20H32N4O4Si/c1-20(2,3)29(6,7)28-18-13-24(11-10-15(18)22-23-21)19(25)14-8-9-16(26-4)17(12-14)27-5/h8-9,12,15,18H,10-11,13H2,1-7H3/t15-,18+/m1/s1. The van der Waals surface area contributed by atoms with E-state index in [2.05, 4.69) is 43.9 Å². The number of azide groups is 1. The molecular weight excluding hydrogens is 388 g/mol. The third-order valence-corrected chi connectivity index (χ3v) is 10.4. The van der Waals surface area contributed by atoms with E-state index in [0.29, 0.717) is 36.6 Å². The minimum Gasteiger partial charge on any atom is -0.493 e. The van der Waals surface area contributed by atoms with Gasteiger partial charge in [-0.15, -0.1) is 0 Å². The van der Waals surface area contributed by atoms with Crippen LogP contribution < -0.4 is 9.47 Å². The SMILES string of the molecule is COc1ccc(C(=O)N2CC[C@@H](N=[N+]=[N-])[C@@H](O[Si](C)(C)C(C)(C)C)C2)cc1OC. The minimum atomic E-state index is -2.09. The Morgan fingerprint density at radius 3 is 2.45 bits per heavy atom. The topological polar surface area (TPSA) is 96.8 Å². The summed E-state index contributed by atoms with van der Waals surface area (Å²) >= 11 is 0. The van der Waals surface area contributed by atoms with Gasteiger partial charge in [0.2, 0.25) is 0 Å². The Bertz CT molecular complexity index is 787. The number of ether oxygens (including phenoxy) is 2. The summed E-state index contributed by atoms with van der Waals surface area (Å²) in [7, 11) is 1.01. The molecule has 9 heteroatoms. The van der Waals surface area contributed by atoms with Gasteiger partial charge in [-0.25, -0.2) is 0 Å². The second-order valence-corrected chi connectivity index (χ2v) is 13.6. The number of hydrogen-bond donors (Lipinski definition) is 0. The zero-order valence-electron chi connectivity index (χ0n) is 18.4. The summed E-state index contributed by atoms with van der Waals surface area (Å²) in [6.07, 6.45) is 0.257. The summed E-state index contributed by atoms with van der Waals surface area (Å²) in [4.78, 5) is 17.9. The maximum absolute atomic E-state index is 13.1. The van der Waals surface area contributed by atoms with Gasteiger partial charge in [-0.3, -0.25) is 4.79 Å². The van der Waals surface area contributed by atoms with E-state index in [0.717, 1.165) is 0 Å². The average Bonchev–Trinajstić information content (AvgIpc) is 2.67. The number of benzene rings is 1. The lowest BCUT2D eigenvalue weighted by atomic mass is 10.0. The van der Waals surface area contributed by atoms with Crippen molar-refractivity contribution >= 4 is 14.2 Å². The van der Waals surface area contributed by atoms with Crippen molar-refractivity contribution in [1.29, 1.82) is 0 Å². The summed E-state index contributed by atoms with van der Waals surface area (Å²) in [6.45, 7) is 11.7. The molecule has 0 aromatic heterocycles. The van der Waals surface area contributed by atoms with E-state index in [1.54, 1.807) is 37.3 Å². The van der Waals surface area contributed by atoms with Gasteiger partial charge in [0.05, 0.1) is 26.4 Å². The highest BCUT2D eigenvalue weighted by atomic mass is 28.4. The highest BCUT2D eigenvalue weighted by molar-refractivity contribution is 6.74. The third-order valence-electron chi connectivity index (χ3n) is 5.89. The van der Waals surface area contributed by atoms with E-state index in [1.165, 1.54) is 0 Å². The zero-order chi connectivity index (χ0) is 21.8. The van der Waals surface area contributed by atoms with Crippen molar-refractivity contribution in [2.45, 2.75) is 57.5 Å². The molecule has 0 spiro atoms. The van der Waals surface area contributed by atoms with E-state index in [4.69, 9.17) is 19.4 Å². The zero-order valence-corrected chi connectivity index (χ0v) is 19.4. The molecule has 0 aliphatic carbocycles. The Labute approximate surface area is 173 Å². The van der Waals surface area contributed by atoms with Gasteiger partial charge in [-0.2, -0.15) is 0 Å². The van der Waals surface area contributed by atoms with E-state index >= 15 is 0 Å². The number of likely N-dealkylation sites (tertiary alicyclic amines) is 1. The maximum Gasteiger partial charge on any atom is 0.254 e. The second-order valence-electron chi connectivity index (χ2n) is 8.80. The van der Waals surface area contributed by atoms with Gasteiger partial charge in [0.1, 0.15) is 0 Å². The summed E-state index contributed by atoms with van der Waals surface area (Å²) in [6, 6.07) is 4.86. The fourth-order valence-corrected chi connectivity index (χ4v) is 4.45. The Morgan fingerprint density at radius 1 is 1.24 bits per heavy atom. The first kappa shape index (κ1) is 23.1. The van der Waals surface area contributed by atoms with Crippen LogP contribution in [0, 0.1) is 0 Å². The second kappa shape index (κ2) is 9.07. The summed E-state index contributed by atoms with van der Waals surface area (Å²) < 4.78 is 17.1. The monoisotopic (exact) mass is 420 g/mol. The molecule has 1 aliphatic heterocycles. The average molecular weight is 421 g/mol. The third kappa shape index (κ3) is 5.23. The highest BCUT2D eigenvalue weighted by Gasteiger charge is 2.42. The van der Waals surface area contributed by atoms with Crippen LogP contribution in [-0.4, -0.2) is 58.6 Å². The van der Waals surface area contributed by atoms with Gasteiger partial charge in [0.15, 0.2) is 19.8 Å². The molecule has 29 heavy (non-hydrogen) atoms. The number of piperidine rings is 1. The molecule has 0 saturated carbocycles. The smallest absolute Gasteiger partial charge is 0.254 e. The van der Waals surface area contributed by atoms with Crippen molar-refractivity contribution in [3.63, 3.8) is 0 Å². The molecule has 1 amide bonds. The molecule has 0 N–H and O–H groups in total. The predicted octanol–water partition coefficient (Wildman–Crippen LogP) is 4.62. The van der Waals surface area contributed by atoms with Crippen LogP contribution in [0.4, 0.5) is 0 Å². The maximum atomic E-state index is 13.1. The Morgan fingerprint density at radius 2 is 1.90 bits per heavy atom. The van der Waals surface area contributed by atoms with Gasteiger partial charge in [-0.1, -0.05) is 25.9 Å². The molecule has 0 bridgehead atoms. The van der Waals surface area contributed by atoms with Crippen molar-refractivity contribution < 1.29 is 18.7 Å². The largest absolute Gasteiger partial charge is 0.493 e. The van der Waals surface area contributed by atoms with Crippen molar-refractivity contribution in [3.8, 4) is 11.5 Å². The van der Waals surface area contributed by atoms with E-state index in [1.807, 2.05) is 0 Å². The molecule has 2 atom stereocenters. The number of hydrogen-bond acceptors (Lipinski definition) is 5. The Kier molecular flexibility index (Phi) is 7.21. The molecule has 160 valence electrons. The van der Waals surface area contributed by atoms with Gasteiger partial charge in [-0.05, 0) is 48.3 Å². The molecule has 1 heterocycles. The molecule has 1 aliphatic rings. The first-order valence-corrected chi connectivity index (χ1v) is 12.7. The van der Waals surface area contributed by atoms with Crippen molar-refractivity contribution in [2.24, 2.45) is 5.11 Å². The lowest BCUT2D eigenvalue weighted by Gasteiger charge is -2.44. The van der Waals surface area contributed by atoms with E-state index in [9.17, 15) is 4.79 Å². The number of rotatable bonds is 6. The van der Waals surface area contributed by atoms with Crippen LogP contribution in [0.2, 0.25) is 18.1 Å². The van der Waals surface area contributed by atoms with Gasteiger partial charge in [0, 0.05) is 23.6 Å². The molecule has 0 unspecified atom stereocenters. The van der Waals surface area contributed by atoms with E-state index in [-0.39, 0.29) is 23.1 Å². The van der Waals surface area contributed by atoms with Crippen LogP contribution in [0.3, 0.4) is 0 Å². The van der Waals surface area contributed by atoms with Crippen LogP contribution in [0.1, 0.15) is 37.6 Å². The van der Waals surface area contributed by atoms with Crippen LogP contribution in [-0.2, 0) is 4.43 Å². The number of carbonyl (C=O) groups is 1. The summed E-state index contributed by atoms with van der Waals surface area (Å²) in [5.74, 6) is 0.982. The van der Waals surface area contributed by atoms with Gasteiger partial charge in [0.25, 0.3) is 5.91 Å².